The number of aromatic nitrogens is 4. The summed E-state index contributed by atoms with van der Waals surface area (Å²) in [6.07, 6.45) is 4.82. The first-order valence-electron chi connectivity index (χ1n) is 12.4. The highest BCUT2D eigenvalue weighted by molar-refractivity contribution is 6.30. The Balaban J connectivity index is 0.000000152. The van der Waals surface area contributed by atoms with Gasteiger partial charge in [-0.15, -0.1) is 0 Å². The highest BCUT2D eigenvalue weighted by atomic mass is 35.5. The van der Waals surface area contributed by atoms with Crippen LogP contribution in [0.1, 0.15) is 39.3 Å². The van der Waals surface area contributed by atoms with Crippen LogP contribution in [0.3, 0.4) is 0 Å². The van der Waals surface area contributed by atoms with Crippen LogP contribution in [0, 0.1) is 11.3 Å². The van der Waals surface area contributed by atoms with E-state index in [1.165, 1.54) is 17.5 Å². The van der Waals surface area contributed by atoms with E-state index in [2.05, 4.69) is 84.3 Å². The Morgan fingerprint density at radius 3 is 1.78 bits per heavy atom. The van der Waals surface area contributed by atoms with Gasteiger partial charge in [-0.25, -0.2) is 19.9 Å². The zero-order chi connectivity index (χ0) is 25.5. The van der Waals surface area contributed by atoms with Crippen molar-refractivity contribution >= 4 is 11.6 Å². The van der Waals surface area contributed by atoms with Gasteiger partial charge in [0.15, 0.2) is 0 Å². The van der Waals surface area contributed by atoms with E-state index in [-0.39, 0.29) is 0 Å². The van der Waals surface area contributed by atoms with Gasteiger partial charge < -0.3 is 0 Å². The van der Waals surface area contributed by atoms with Crippen molar-refractivity contribution in [3.05, 3.63) is 118 Å². The van der Waals surface area contributed by atoms with E-state index in [1.807, 2.05) is 12.1 Å². The molecular weight excluding hydrogens is 482 g/mol. The zero-order valence-corrected chi connectivity index (χ0v) is 21.3. The Morgan fingerprint density at radius 2 is 1.22 bits per heavy atom. The van der Waals surface area contributed by atoms with Crippen LogP contribution in [0.4, 0.5) is 0 Å². The summed E-state index contributed by atoms with van der Waals surface area (Å²) < 4.78 is 0. The number of hydrogen-bond acceptors (Lipinski definition) is 7. The molecular formula is C29H28ClN7. The van der Waals surface area contributed by atoms with E-state index in [4.69, 9.17) is 16.9 Å². The van der Waals surface area contributed by atoms with E-state index in [0.29, 0.717) is 10.8 Å². The van der Waals surface area contributed by atoms with Gasteiger partial charge in [-0.1, -0.05) is 72.3 Å². The minimum absolute atomic E-state index is 0.532. The lowest BCUT2D eigenvalue weighted by molar-refractivity contribution is 0.241. The average Bonchev–Trinajstić information content (AvgIpc) is 2.94. The first-order valence-corrected chi connectivity index (χ1v) is 12.8. The van der Waals surface area contributed by atoms with Crippen LogP contribution in [-0.4, -0.2) is 42.8 Å². The number of halogens is 1. The summed E-state index contributed by atoms with van der Waals surface area (Å²) in [5.41, 5.74) is 7.37. The molecule has 6 rings (SSSR count). The lowest BCUT2D eigenvalue weighted by Gasteiger charge is -2.28. The number of rotatable bonds is 4. The summed E-state index contributed by atoms with van der Waals surface area (Å²) >= 11 is 6.08. The largest absolute Gasteiger partial charge is 0.293 e. The second kappa shape index (κ2) is 12.0. The summed E-state index contributed by atoms with van der Waals surface area (Å²) in [4.78, 5) is 21.5. The molecule has 186 valence electrons. The minimum Gasteiger partial charge on any atom is -0.293 e. The molecule has 0 bridgehead atoms. The molecule has 0 radical (unpaired) electrons. The van der Waals surface area contributed by atoms with Crippen LogP contribution < -0.4 is 0 Å². The summed E-state index contributed by atoms with van der Waals surface area (Å²) in [5.74, 6) is 0. The van der Waals surface area contributed by atoms with Gasteiger partial charge in [0.05, 0.1) is 11.4 Å². The van der Waals surface area contributed by atoms with Gasteiger partial charge in [0.1, 0.15) is 29.6 Å². The summed E-state index contributed by atoms with van der Waals surface area (Å²) in [5, 5.41) is 9.65. The summed E-state index contributed by atoms with van der Waals surface area (Å²) in [6.45, 7) is 5.49. The third-order valence-electron chi connectivity index (χ3n) is 6.72. The van der Waals surface area contributed by atoms with Crippen molar-refractivity contribution in [1.82, 2.24) is 29.7 Å². The van der Waals surface area contributed by atoms with E-state index < -0.39 is 0 Å². The predicted octanol–water partition coefficient (Wildman–Crippen LogP) is 4.59. The van der Waals surface area contributed by atoms with E-state index in [1.54, 1.807) is 6.33 Å². The first-order chi connectivity index (χ1) is 18.2. The van der Waals surface area contributed by atoms with Gasteiger partial charge in [0, 0.05) is 50.4 Å². The monoisotopic (exact) mass is 509 g/mol. The van der Waals surface area contributed by atoms with Gasteiger partial charge in [-0.3, -0.25) is 9.80 Å². The number of fused-ring (bicyclic) bond motifs is 2. The van der Waals surface area contributed by atoms with Crippen LogP contribution in [0.15, 0.2) is 73.3 Å². The van der Waals surface area contributed by atoms with Crippen molar-refractivity contribution in [2.45, 2.75) is 39.0 Å². The Hall–Kier alpha value is -3.70. The van der Waals surface area contributed by atoms with Crippen molar-refractivity contribution in [3.8, 4) is 6.07 Å². The van der Waals surface area contributed by atoms with Crippen LogP contribution in [0.5, 0.6) is 0 Å². The Bertz CT molecular complexity index is 1370. The lowest BCUT2D eigenvalue weighted by atomic mass is 10.0. The van der Waals surface area contributed by atoms with E-state index in [9.17, 15) is 0 Å². The Morgan fingerprint density at radius 1 is 0.703 bits per heavy atom. The van der Waals surface area contributed by atoms with Gasteiger partial charge in [-0.2, -0.15) is 5.26 Å². The van der Waals surface area contributed by atoms with Crippen molar-refractivity contribution in [3.63, 3.8) is 0 Å². The summed E-state index contributed by atoms with van der Waals surface area (Å²) in [7, 11) is 0. The quantitative estimate of drug-likeness (QED) is 0.372. The van der Waals surface area contributed by atoms with Crippen molar-refractivity contribution in [2.24, 2.45) is 0 Å². The van der Waals surface area contributed by atoms with Crippen LogP contribution in [0.25, 0.3) is 0 Å². The van der Waals surface area contributed by atoms with E-state index >= 15 is 0 Å². The van der Waals surface area contributed by atoms with Gasteiger partial charge in [0.2, 0.25) is 0 Å². The van der Waals surface area contributed by atoms with Crippen molar-refractivity contribution in [2.75, 3.05) is 13.1 Å². The van der Waals surface area contributed by atoms with Crippen molar-refractivity contribution in [1.29, 1.82) is 5.26 Å². The highest BCUT2D eigenvalue weighted by Gasteiger charge is 2.21. The maximum absolute atomic E-state index is 9.04. The second-order valence-electron chi connectivity index (χ2n) is 9.24. The third-order valence-corrected chi connectivity index (χ3v) is 7.05. The third kappa shape index (κ3) is 6.36. The summed E-state index contributed by atoms with van der Waals surface area (Å²) in [6, 6.07) is 23.1. The molecule has 8 heteroatoms. The molecule has 2 aliphatic rings. The molecule has 0 amide bonds. The Kier molecular flexibility index (Phi) is 8.11. The fourth-order valence-electron chi connectivity index (χ4n) is 4.83. The normalized spacial score (nSPS) is 15.0. The number of nitrogens with zero attached hydrogens (tertiary/aromatic N) is 7. The molecule has 0 fully saturated rings. The fraction of sp³-hybridized carbons (Fsp3) is 0.276. The molecule has 4 aromatic rings. The number of benzene rings is 2. The minimum atomic E-state index is 0.532. The predicted molar refractivity (Wildman–Crippen MR) is 142 cm³/mol. The number of nitriles is 1. The molecule has 0 atom stereocenters. The first kappa shape index (κ1) is 25.0. The number of hydrogen-bond donors (Lipinski definition) is 0. The topological polar surface area (TPSA) is 81.8 Å². The van der Waals surface area contributed by atoms with E-state index in [0.717, 1.165) is 74.6 Å². The SMILES string of the molecule is Clc1ncnc2c1CCN(Cc1ccccc1)C2.N#Cc1ncnc2c1CCN(Cc1ccccc1)C2. The van der Waals surface area contributed by atoms with Gasteiger partial charge >= 0.3 is 0 Å². The molecule has 7 nitrogen and oxygen atoms in total. The molecule has 2 aromatic heterocycles. The fourth-order valence-corrected chi connectivity index (χ4v) is 5.07. The molecule has 37 heavy (non-hydrogen) atoms. The zero-order valence-electron chi connectivity index (χ0n) is 20.6. The van der Waals surface area contributed by atoms with Gasteiger partial charge in [-0.05, 0) is 24.0 Å². The second-order valence-corrected chi connectivity index (χ2v) is 9.60. The average molecular weight is 510 g/mol. The maximum atomic E-state index is 9.04. The molecule has 4 heterocycles. The van der Waals surface area contributed by atoms with Crippen LogP contribution in [0.2, 0.25) is 5.15 Å². The molecule has 0 unspecified atom stereocenters. The molecule has 2 aliphatic heterocycles. The maximum Gasteiger partial charge on any atom is 0.147 e. The molecule has 0 N–H and O–H groups in total. The van der Waals surface area contributed by atoms with Gasteiger partial charge in [0.25, 0.3) is 0 Å². The molecule has 0 saturated heterocycles. The smallest absolute Gasteiger partial charge is 0.147 e. The standard InChI is InChI=1S/C15H14N4.C14H14ClN3/c16-8-14-13-6-7-19(10-15(13)18-11-17-14)9-12-4-2-1-3-5-12;15-14-12-6-7-18(9-13(12)16-10-17-14)8-11-4-2-1-3-5-11/h1-5,11H,6-7,9-10H2;1-5,10H,6-9H2. The van der Waals surface area contributed by atoms with Crippen LogP contribution in [-0.2, 0) is 39.0 Å². The molecule has 0 spiro atoms. The highest BCUT2D eigenvalue weighted by Crippen LogP contribution is 2.23. The Labute approximate surface area is 222 Å². The molecule has 0 aliphatic carbocycles. The molecule has 0 saturated carbocycles. The van der Waals surface area contributed by atoms with Crippen molar-refractivity contribution < 1.29 is 0 Å². The molecule has 2 aromatic carbocycles. The van der Waals surface area contributed by atoms with Crippen LogP contribution >= 0.6 is 11.6 Å². The lowest BCUT2D eigenvalue weighted by Crippen LogP contribution is -2.31.